The number of rotatable bonds is 6. The number of hydrogen-bond donors (Lipinski definition) is 2. The van der Waals surface area contributed by atoms with E-state index in [1.165, 1.54) is 20.1 Å². The fourth-order valence-electron chi connectivity index (χ4n) is 2.10. The zero-order valence-corrected chi connectivity index (χ0v) is 12.8. The van der Waals surface area contributed by atoms with Crippen molar-refractivity contribution in [2.24, 2.45) is 0 Å². The smallest absolute Gasteiger partial charge is 0.262 e. The molecule has 0 aliphatic heterocycles. The minimum atomic E-state index is -4.89. The van der Waals surface area contributed by atoms with Gasteiger partial charge in [-0.25, -0.2) is 8.42 Å². The second-order valence-corrected chi connectivity index (χ2v) is 5.57. The van der Waals surface area contributed by atoms with E-state index in [9.17, 15) is 17.8 Å². The lowest BCUT2D eigenvalue weighted by molar-refractivity contribution is -0.118. The molecule has 9 heteroatoms. The third-order valence-electron chi connectivity index (χ3n) is 3.01. The maximum Gasteiger partial charge on any atom is 0.262 e. The summed E-state index contributed by atoms with van der Waals surface area (Å²) in [4.78, 5) is 13.8. The lowest BCUT2D eigenvalue weighted by Crippen LogP contribution is -2.22. The Bertz CT molecular complexity index is 796. The number of carbonyl (C=O) groups excluding carboxylic acids is 1. The van der Waals surface area contributed by atoms with Crippen LogP contribution in [-0.4, -0.2) is 37.5 Å². The third kappa shape index (κ3) is 3.89. The Kier molecular flexibility index (Phi) is 4.57. The molecule has 1 aromatic carbocycles. The number of methoxy groups -OCH3 is 1. The topological polar surface area (TPSA) is 121 Å². The number of benzene rings is 1. The molecular formula is C13H15N2O6S-. The van der Waals surface area contributed by atoms with Crippen molar-refractivity contribution in [2.45, 2.75) is 13.3 Å². The van der Waals surface area contributed by atoms with Gasteiger partial charge in [0.1, 0.15) is 0 Å². The van der Waals surface area contributed by atoms with Crippen LogP contribution in [-0.2, 0) is 21.6 Å². The molecule has 0 atom stereocenters. The van der Waals surface area contributed by atoms with Gasteiger partial charge in [-0.3, -0.25) is 4.79 Å². The third-order valence-corrected chi connectivity index (χ3v) is 3.40. The molecule has 120 valence electrons. The highest BCUT2D eigenvalue weighted by Gasteiger charge is 2.13. The summed E-state index contributed by atoms with van der Waals surface area (Å²) in [6.07, 6.45) is 2.32. The quantitative estimate of drug-likeness (QED) is 0.595. The molecule has 0 aliphatic carbocycles. The molecule has 1 aromatic heterocycles. The first kappa shape index (κ1) is 16.1. The van der Waals surface area contributed by atoms with Crippen LogP contribution in [0, 0.1) is 0 Å². The van der Waals surface area contributed by atoms with E-state index in [4.69, 9.17) is 4.74 Å². The standard InChI is InChI=1S/C13H16N2O6S/c1-8(16)14-4-3-9-7-15-11-6-13(21-22(17,18)19)12(20-2)5-10(9)11/h5-7,15H,3-4H2,1-2H3,(H,14,16)(H,17,18,19)/p-1. The van der Waals surface area contributed by atoms with Crippen molar-refractivity contribution in [3.63, 3.8) is 0 Å². The van der Waals surface area contributed by atoms with Crippen molar-refractivity contribution in [1.29, 1.82) is 0 Å². The number of carbonyl (C=O) groups is 1. The fourth-order valence-corrected chi connectivity index (χ4v) is 2.45. The molecule has 22 heavy (non-hydrogen) atoms. The molecule has 0 radical (unpaired) electrons. The summed E-state index contributed by atoms with van der Waals surface area (Å²) in [6.45, 7) is 1.91. The molecule has 0 aliphatic rings. The molecule has 8 nitrogen and oxygen atoms in total. The summed E-state index contributed by atoms with van der Waals surface area (Å²) >= 11 is 0. The minimum absolute atomic E-state index is 0.117. The first-order valence-corrected chi connectivity index (χ1v) is 7.71. The van der Waals surface area contributed by atoms with Gasteiger partial charge in [0, 0.05) is 36.6 Å². The van der Waals surface area contributed by atoms with Gasteiger partial charge in [-0.15, -0.1) is 0 Å². The van der Waals surface area contributed by atoms with Crippen LogP contribution in [0.4, 0.5) is 0 Å². The lowest BCUT2D eigenvalue weighted by Gasteiger charge is -2.13. The van der Waals surface area contributed by atoms with Crippen LogP contribution in [0.1, 0.15) is 12.5 Å². The molecule has 0 saturated heterocycles. The highest BCUT2D eigenvalue weighted by Crippen LogP contribution is 2.34. The summed E-state index contributed by atoms with van der Waals surface area (Å²) in [6, 6.07) is 2.96. The normalized spacial score (nSPS) is 11.4. The molecule has 2 rings (SSSR count). The number of ether oxygens (including phenoxy) is 1. The fraction of sp³-hybridized carbons (Fsp3) is 0.308. The first-order valence-electron chi connectivity index (χ1n) is 6.38. The van der Waals surface area contributed by atoms with Gasteiger partial charge in [0.2, 0.25) is 5.91 Å². The second kappa shape index (κ2) is 6.24. The average molecular weight is 327 g/mol. The van der Waals surface area contributed by atoms with E-state index in [2.05, 4.69) is 14.5 Å². The summed E-state index contributed by atoms with van der Waals surface area (Å²) < 4.78 is 41.6. The van der Waals surface area contributed by atoms with Crippen LogP contribution in [0.25, 0.3) is 10.9 Å². The molecule has 1 heterocycles. The van der Waals surface area contributed by atoms with E-state index in [0.717, 1.165) is 10.9 Å². The van der Waals surface area contributed by atoms with Crippen LogP contribution >= 0.6 is 0 Å². The Morgan fingerprint density at radius 3 is 2.68 bits per heavy atom. The van der Waals surface area contributed by atoms with Gasteiger partial charge >= 0.3 is 0 Å². The van der Waals surface area contributed by atoms with Crippen molar-refractivity contribution in [1.82, 2.24) is 10.3 Å². The second-order valence-electron chi connectivity index (χ2n) is 4.59. The average Bonchev–Trinajstić information content (AvgIpc) is 2.78. The molecule has 0 unspecified atom stereocenters. The van der Waals surface area contributed by atoms with Gasteiger partial charge in [-0.05, 0) is 18.1 Å². The maximum absolute atomic E-state index is 10.9. The first-order chi connectivity index (χ1) is 10.3. The van der Waals surface area contributed by atoms with Crippen LogP contribution in [0.3, 0.4) is 0 Å². The molecule has 2 N–H and O–H groups in total. The summed E-state index contributed by atoms with van der Waals surface area (Å²) in [5.41, 5.74) is 1.51. The van der Waals surface area contributed by atoms with Crippen molar-refractivity contribution in [3.8, 4) is 11.5 Å². The zero-order chi connectivity index (χ0) is 16.3. The number of fused-ring (bicyclic) bond motifs is 1. The largest absolute Gasteiger partial charge is 0.716 e. The molecule has 2 aromatic rings. The number of amides is 1. The van der Waals surface area contributed by atoms with Crippen molar-refractivity contribution < 1.29 is 26.7 Å². The van der Waals surface area contributed by atoms with Crippen LogP contribution in [0.5, 0.6) is 11.5 Å². The van der Waals surface area contributed by atoms with Crippen molar-refractivity contribution in [3.05, 3.63) is 23.9 Å². The Morgan fingerprint density at radius 1 is 1.36 bits per heavy atom. The van der Waals surface area contributed by atoms with Gasteiger partial charge in [-0.1, -0.05) is 0 Å². The number of aromatic amines is 1. The SMILES string of the molecule is COc1cc2c(CCNC(C)=O)c[nH]c2cc1OS(=O)(=O)[O-]. The molecule has 0 fully saturated rings. The van der Waals surface area contributed by atoms with Gasteiger partial charge in [0.05, 0.1) is 7.11 Å². The maximum atomic E-state index is 10.9. The number of hydrogen-bond acceptors (Lipinski definition) is 6. The van der Waals surface area contributed by atoms with E-state index in [0.29, 0.717) is 18.5 Å². The molecule has 0 spiro atoms. The molecule has 1 amide bonds. The highest BCUT2D eigenvalue weighted by molar-refractivity contribution is 7.81. The Labute approximate surface area is 127 Å². The molecular weight excluding hydrogens is 312 g/mol. The predicted molar refractivity (Wildman–Crippen MR) is 77.6 cm³/mol. The van der Waals surface area contributed by atoms with Gasteiger partial charge < -0.3 is 23.8 Å². The van der Waals surface area contributed by atoms with Crippen molar-refractivity contribution >= 4 is 27.2 Å². The van der Waals surface area contributed by atoms with Gasteiger partial charge in [-0.2, -0.15) is 0 Å². The molecule has 0 saturated carbocycles. The zero-order valence-electron chi connectivity index (χ0n) is 12.0. The van der Waals surface area contributed by atoms with E-state index in [1.54, 1.807) is 12.3 Å². The van der Waals surface area contributed by atoms with E-state index in [1.807, 2.05) is 0 Å². The van der Waals surface area contributed by atoms with Gasteiger partial charge in [0.15, 0.2) is 11.5 Å². The number of nitrogens with one attached hydrogen (secondary N) is 2. The van der Waals surface area contributed by atoms with E-state index >= 15 is 0 Å². The molecule has 0 bridgehead atoms. The van der Waals surface area contributed by atoms with Gasteiger partial charge in [0.25, 0.3) is 10.4 Å². The summed E-state index contributed by atoms with van der Waals surface area (Å²) in [5.74, 6) is -0.165. The Hall–Kier alpha value is -2.26. The highest BCUT2D eigenvalue weighted by atomic mass is 32.3. The minimum Gasteiger partial charge on any atom is -0.716 e. The number of H-pyrrole nitrogens is 1. The Morgan fingerprint density at radius 2 is 2.09 bits per heavy atom. The lowest BCUT2D eigenvalue weighted by atomic mass is 10.1. The van der Waals surface area contributed by atoms with Crippen LogP contribution in [0.2, 0.25) is 0 Å². The van der Waals surface area contributed by atoms with Crippen LogP contribution in [0.15, 0.2) is 18.3 Å². The van der Waals surface area contributed by atoms with E-state index in [-0.39, 0.29) is 17.4 Å². The van der Waals surface area contributed by atoms with Crippen molar-refractivity contribution in [2.75, 3.05) is 13.7 Å². The van der Waals surface area contributed by atoms with Crippen LogP contribution < -0.4 is 14.2 Å². The monoisotopic (exact) mass is 327 g/mol. The Balaban J connectivity index is 2.34. The summed E-state index contributed by atoms with van der Waals surface area (Å²) in [5, 5.41) is 3.48. The predicted octanol–water partition coefficient (Wildman–Crippen LogP) is 0.694. The summed E-state index contributed by atoms with van der Waals surface area (Å²) in [7, 11) is -3.54. The van der Waals surface area contributed by atoms with E-state index < -0.39 is 10.4 Å². The number of aromatic nitrogens is 1.